The van der Waals surface area contributed by atoms with Crippen LogP contribution in [0.25, 0.3) is 6.08 Å². The van der Waals surface area contributed by atoms with Crippen LogP contribution in [-0.2, 0) is 14.8 Å². The number of rotatable bonds is 5. The molecule has 1 saturated carbocycles. The smallest absolute Gasteiger partial charge is 0.328 e. The fraction of sp³-hybridized carbons (Fsp3) is 0.400. The summed E-state index contributed by atoms with van der Waals surface area (Å²) in [7, 11) is -3.55. The molecule has 21 heavy (non-hydrogen) atoms. The van der Waals surface area contributed by atoms with Crippen molar-refractivity contribution >= 4 is 22.1 Å². The fourth-order valence-electron chi connectivity index (χ4n) is 2.46. The van der Waals surface area contributed by atoms with E-state index in [0.717, 1.165) is 38.2 Å². The van der Waals surface area contributed by atoms with Gasteiger partial charge >= 0.3 is 5.97 Å². The predicted molar refractivity (Wildman–Crippen MR) is 80.3 cm³/mol. The first-order valence-corrected chi connectivity index (χ1v) is 8.49. The maximum Gasteiger partial charge on any atom is 0.328 e. The molecule has 1 fully saturated rings. The molecule has 0 radical (unpaired) electrons. The lowest BCUT2D eigenvalue weighted by Crippen LogP contribution is -2.36. The quantitative estimate of drug-likeness (QED) is 0.818. The van der Waals surface area contributed by atoms with Crippen LogP contribution in [0.15, 0.2) is 35.2 Å². The third-order valence-electron chi connectivity index (χ3n) is 3.51. The molecule has 1 aliphatic rings. The molecule has 2 rings (SSSR count). The molecule has 0 amide bonds. The molecule has 0 heterocycles. The van der Waals surface area contributed by atoms with Crippen LogP contribution in [0.4, 0.5) is 0 Å². The van der Waals surface area contributed by atoms with E-state index in [0.29, 0.717) is 5.56 Å². The standard InChI is InChI=1S/C15H19NO4S/c17-15(18)10-9-12-5-4-8-14(11-12)21(19,20)16-13-6-2-1-3-7-13/h4-5,8-11,13,16H,1-3,6-7H2,(H,17,18). The van der Waals surface area contributed by atoms with Crippen LogP contribution in [0.3, 0.4) is 0 Å². The Morgan fingerprint density at radius 2 is 1.95 bits per heavy atom. The van der Waals surface area contributed by atoms with Gasteiger partial charge in [-0.15, -0.1) is 0 Å². The first kappa shape index (κ1) is 15.7. The zero-order chi connectivity index (χ0) is 15.3. The predicted octanol–water partition coefficient (Wildman–Crippen LogP) is 2.40. The maximum absolute atomic E-state index is 12.3. The zero-order valence-electron chi connectivity index (χ0n) is 11.7. The van der Waals surface area contributed by atoms with Crippen LogP contribution in [0, 0.1) is 0 Å². The molecule has 1 aromatic carbocycles. The van der Waals surface area contributed by atoms with E-state index < -0.39 is 16.0 Å². The van der Waals surface area contributed by atoms with Crippen LogP contribution in [0.1, 0.15) is 37.7 Å². The first-order valence-electron chi connectivity index (χ1n) is 7.01. The van der Waals surface area contributed by atoms with Crippen LogP contribution in [-0.4, -0.2) is 25.5 Å². The molecule has 0 bridgehead atoms. The van der Waals surface area contributed by atoms with Gasteiger partial charge in [0.25, 0.3) is 0 Å². The van der Waals surface area contributed by atoms with E-state index in [1.165, 1.54) is 18.2 Å². The molecule has 1 aliphatic carbocycles. The summed E-state index contributed by atoms with van der Waals surface area (Å²) in [6.45, 7) is 0. The van der Waals surface area contributed by atoms with Crippen molar-refractivity contribution < 1.29 is 18.3 Å². The second-order valence-electron chi connectivity index (χ2n) is 5.20. The Kier molecular flexibility index (Phi) is 5.14. The Hall–Kier alpha value is -1.66. The molecule has 5 nitrogen and oxygen atoms in total. The van der Waals surface area contributed by atoms with E-state index in [4.69, 9.17) is 5.11 Å². The number of benzene rings is 1. The number of hydrogen-bond donors (Lipinski definition) is 2. The maximum atomic E-state index is 12.3. The van der Waals surface area contributed by atoms with Crippen LogP contribution in [0.5, 0.6) is 0 Å². The van der Waals surface area contributed by atoms with Gasteiger partial charge in [-0.25, -0.2) is 17.9 Å². The summed E-state index contributed by atoms with van der Waals surface area (Å²) >= 11 is 0. The lowest BCUT2D eigenvalue weighted by Gasteiger charge is -2.22. The molecule has 0 spiro atoms. The van der Waals surface area contributed by atoms with E-state index in [-0.39, 0.29) is 10.9 Å². The highest BCUT2D eigenvalue weighted by atomic mass is 32.2. The number of aliphatic carboxylic acids is 1. The molecule has 0 atom stereocenters. The second kappa shape index (κ2) is 6.87. The number of carboxylic acids is 1. The van der Waals surface area contributed by atoms with Gasteiger partial charge in [0.15, 0.2) is 0 Å². The Morgan fingerprint density at radius 1 is 1.24 bits per heavy atom. The minimum atomic E-state index is -3.55. The molecule has 2 N–H and O–H groups in total. The third kappa shape index (κ3) is 4.68. The molecule has 0 aromatic heterocycles. The second-order valence-corrected chi connectivity index (χ2v) is 6.91. The number of sulfonamides is 1. The van der Waals surface area contributed by atoms with Crippen LogP contribution >= 0.6 is 0 Å². The lowest BCUT2D eigenvalue weighted by atomic mass is 9.96. The van der Waals surface area contributed by atoms with Crippen molar-refractivity contribution in [3.05, 3.63) is 35.9 Å². The lowest BCUT2D eigenvalue weighted by molar-refractivity contribution is -0.131. The SMILES string of the molecule is O=C(O)C=Cc1cccc(S(=O)(=O)NC2CCCCC2)c1. The van der Waals surface area contributed by atoms with E-state index in [9.17, 15) is 13.2 Å². The molecular weight excluding hydrogens is 290 g/mol. The molecule has 0 saturated heterocycles. The van der Waals surface area contributed by atoms with Gasteiger partial charge in [-0.05, 0) is 36.6 Å². The van der Waals surface area contributed by atoms with Crippen molar-refractivity contribution in [2.45, 2.75) is 43.0 Å². The average molecular weight is 309 g/mol. The van der Waals surface area contributed by atoms with Crippen molar-refractivity contribution in [2.24, 2.45) is 0 Å². The van der Waals surface area contributed by atoms with E-state index in [1.54, 1.807) is 12.1 Å². The molecule has 114 valence electrons. The summed E-state index contributed by atoms with van der Waals surface area (Å²) < 4.78 is 27.4. The normalized spacial score (nSPS) is 17.1. The Balaban J connectivity index is 2.15. The fourth-order valence-corrected chi connectivity index (χ4v) is 3.82. The largest absolute Gasteiger partial charge is 0.478 e. The van der Waals surface area contributed by atoms with E-state index in [1.807, 2.05) is 0 Å². The van der Waals surface area contributed by atoms with Gasteiger partial charge in [0.2, 0.25) is 10.0 Å². The Labute approximate surface area is 124 Å². The van der Waals surface area contributed by atoms with Gasteiger partial charge in [0.1, 0.15) is 0 Å². The number of carbonyl (C=O) groups is 1. The average Bonchev–Trinajstić information content (AvgIpc) is 2.46. The minimum absolute atomic E-state index is 0.00182. The van der Waals surface area contributed by atoms with Gasteiger partial charge in [-0.3, -0.25) is 0 Å². The summed E-state index contributed by atoms with van der Waals surface area (Å²) in [6.07, 6.45) is 7.37. The third-order valence-corrected chi connectivity index (χ3v) is 5.03. The zero-order valence-corrected chi connectivity index (χ0v) is 12.5. The highest BCUT2D eigenvalue weighted by Gasteiger charge is 2.21. The monoisotopic (exact) mass is 309 g/mol. The van der Waals surface area contributed by atoms with E-state index in [2.05, 4.69) is 4.72 Å². The van der Waals surface area contributed by atoms with Crippen LogP contribution < -0.4 is 4.72 Å². The summed E-state index contributed by atoms with van der Waals surface area (Å²) in [6, 6.07) is 6.27. The number of nitrogens with one attached hydrogen (secondary N) is 1. The molecule has 0 unspecified atom stereocenters. The van der Waals surface area contributed by atoms with Crippen LogP contribution in [0.2, 0.25) is 0 Å². The Morgan fingerprint density at radius 3 is 2.62 bits per heavy atom. The molecule has 6 heteroatoms. The highest BCUT2D eigenvalue weighted by Crippen LogP contribution is 2.20. The van der Waals surface area contributed by atoms with Crippen molar-refractivity contribution in [1.29, 1.82) is 0 Å². The van der Waals surface area contributed by atoms with Gasteiger partial charge in [-0.2, -0.15) is 0 Å². The van der Waals surface area contributed by atoms with Crippen molar-refractivity contribution in [1.82, 2.24) is 4.72 Å². The van der Waals surface area contributed by atoms with Gasteiger partial charge in [-0.1, -0.05) is 31.4 Å². The summed E-state index contributed by atoms with van der Waals surface area (Å²) in [5, 5.41) is 8.60. The van der Waals surface area contributed by atoms with Gasteiger partial charge in [0.05, 0.1) is 4.90 Å². The molecule has 0 aliphatic heterocycles. The van der Waals surface area contributed by atoms with Crippen molar-refractivity contribution in [3.63, 3.8) is 0 Å². The van der Waals surface area contributed by atoms with Gasteiger partial charge in [0, 0.05) is 12.1 Å². The topological polar surface area (TPSA) is 83.5 Å². The minimum Gasteiger partial charge on any atom is -0.478 e. The molecule has 1 aromatic rings. The molecular formula is C15H19NO4S. The number of carboxylic acid groups (broad SMARTS) is 1. The summed E-state index contributed by atoms with van der Waals surface area (Å²) in [5.41, 5.74) is 0.545. The number of hydrogen-bond acceptors (Lipinski definition) is 3. The van der Waals surface area contributed by atoms with E-state index >= 15 is 0 Å². The first-order chi connectivity index (χ1) is 9.97. The van der Waals surface area contributed by atoms with Crippen molar-refractivity contribution in [2.75, 3.05) is 0 Å². The van der Waals surface area contributed by atoms with Gasteiger partial charge < -0.3 is 5.11 Å². The van der Waals surface area contributed by atoms with Crippen molar-refractivity contribution in [3.8, 4) is 0 Å². The summed E-state index contributed by atoms with van der Waals surface area (Å²) in [4.78, 5) is 10.7. The Bertz CT molecular complexity index is 631. The summed E-state index contributed by atoms with van der Waals surface area (Å²) in [5.74, 6) is -1.07. The highest BCUT2D eigenvalue weighted by molar-refractivity contribution is 7.89.